The number of nitrogens with one attached hydrogen (secondary N) is 2. The van der Waals surface area contributed by atoms with Gasteiger partial charge in [-0.05, 0) is 60.9 Å². The van der Waals surface area contributed by atoms with E-state index < -0.39 is 23.4 Å². The molecule has 10 heteroatoms. The van der Waals surface area contributed by atoms with Crippen molar-refractivity contribution in [2.45, 2.75) is 24.6 Å². The van der Waals surface area contributed by atoms with E-state index in [0.29, 0.717) is 48.6 Å². The molecular weight excluding hydrogens is 427 g/mol. The van der Waals surface area contributed by atoms with Crippen LogP contribution < -0.4 is 15.5 Å². The summed E-state index contributed by atoms with van der Waals surface area (Å²) in [5, 5.41) is 4.20. The monoisotopic (exact) mass is 449 g/mol. The second kappa shape index (κ2) is 8.71. The van der Waals surface area contributed by atoms with Gasteiger partial charge in [-0.25, -0.2) is 4.79 Å². The number of halogens is 3. The van der Waals surface area contributed by atoms with E-state index >= 15 is 0 Å². The van der Waals surface area contributed by atoms with Crippen LogP contribution in [0.15, 0.2) is 54.6 Å². The Balaban J connectivity index is 1.31. The zero-order valence-corrected chi connectivity index (χ0v) is 17.2. The zero-order valence-electron chi connectivity index (χ0n) is 17.2. The Hall–Kier alpha value is -3.24. The van der Waals surface area contributed by atoms with Gasteiger partial charge in [0.2, 0.25) is 0 Å². The van der Waals surface area contributed by atoms with Crippen LogP contribution >= 0.6 is 0 Å². The summed E-state index contributed by atoms with van der Waals surface area (Å²) in [5.74, 6) is 0.680. The van der Waals surface area contributed by atoms with Gasteiger partial charge < -0.3 is 9.57 Å². The number of carbonyl (C=O) groups excluding carboxylic acids is 1. The molecule has 7 nitrogen and oxygen atoms in total. The number of alkyl halides is 3. The molecule has 0 atom stereocenters. The summed E-state index contributed by atoms with van der Waals surface area (Å²) < 4.78 is 43.3. The van der Waals surface area contributed by atoms with Crippen molar-refractivity contribution in [3.05, 3.63) is 65.7 Å². The van der Waals surface area contributed by atoms with Gasteiger partial charge in [-0.1, -0.05) is 12.1 Å². The Morgan fingerprint density at radius 1 is 1.09 bits per heavy atom. The standard InChI is InChI=1S/C22H22F3N3O4/c1-30-18-8-6-17(7-9-18)26-20(29)31-28-12-10-21(11-13-28)14-19(27-32-21)15-2-4-16(5-3-15)22(23,24)25/h2-9,14,27H,10-13H2,1H3,(H,26,29). The Bertz CT molecular complexity index is 983. The fraction of sp³-hybridized carbons (Fsp3) is 0.318. The van der Waals surface area contributed by atoms with Gasteiger partial charge in [0, 0.05) is 18.8 Å². The lowest BCUT2D eigenvalue weighted by atomic mass is 9.91. The number of anilines is 1. The maximum Gasteiger partial charge on any atom is 0.430 e. The van der Waals surface area contributed by atoms with Crippen LogP contribution in [0.3, 0.4) is 0 Å². The van der Waals surface area contributed by atoms with Gasteiger partial charge in [-0.2, -0.15) is 13.2 Å². The van der Waals surface area contributed by atoms with Gasteiger partial charge in [0.25, 0.3) is 0 Å². The summed E-state index contributed by atoms with van der Waals surface area (Å²) in [6.45, 7) is 0.878. The number of ether oxygens (including phenoxy) is 1. The van der Waals surface area contributed by atoms with Crippen LogP contribution in [0, 0.1) is 0 Å². The van der Waals surface area contributed by atoms with Crippen molar-refractivity contribution in [3.8, 4) is 5.75 Å². The average molecular weight is 449 g/mol. The number of methoxy groups -OCH3 is 1. The van der Waals surface area contributed by atoms with Crippen LogP contribution in [0.25, 0.3) is 5.70 Å². The number of amides is 1. The third-order valence-corrected chi connectivity index (χ3v) is 5.41. The first-order valence-electron chi connectivity index (χ1n) is 9.99. The Morgan fingerprint density at radius 2 is 1.75 bits per heavy atom. The maximum absolute atomic E-state index is 12.8. The molecule has 2 aromatic rings. The molecule has 0 aromatic heterocycles. The zero-order chi connectivity index (χ0) is 22.8. The number of hydroxylamine groups is 3. The summed E-state index contributed by atoms with van der Waals surface area (Å²) >= 11 is 0. The van der Waals surface area contributed by atoms with Crippen molar-refractivity contribution in [2.24, 2.45) is 0 Å². The smallest absolute Gasteiger partial charge is 0.430 e. The van der Waals surface area contributed by atoms with E-state index in [1.807, 2.05) is 6.08 Å². The molecule has 0 aliphatic carbocycles. The number of hydrogen-bond donors (Lipinski definition) is 2. The molecule has 0 radical (unpaired) electrons. The van der Waals surface area contributed by atoms with Gasteiger partial charge in [0.1, 0.15) is 11.4 Å². The molecule has 1 saturated heterocycles. The molecule has 170 valence electrons. The molecule has 2 aromatic carbocycles. The van der Waals surface area contributed by atoms with E-state index in [-0.39, 0.29) is 0 Å². The molecule has 0 bridgehead atoms. The minimum absolute atomic E-state index is 0.439. The lowest BCUT2D eigenvalue weighted by Crippen LogP contribution is -2.45. The van der Waals surface area contributed by atoms with Gasteiger partial charge in [-0.3, -0.25) is 15.6 Å². The number of piperidine rings is 1. The highest BCUT2D eigenvalue weighted by molar-refractivity contribution is 5.84. The fourth-order valence-electron chi connectivity index (χ4n) is 3.59. The first kappa shape index (κ1) is 22.0. The Labute approximate surface area is 182 Å². The third kappa shape index (κ3) is 4.97. The molecule has 2 N–H and O–H groups in total. The number of nitrogens with zero attached hydrogens (tertiary/aromatic N) is 1. The highest BCUT2D eigenvalue weighted by Gasteiger charge is 2.40. The van der Waals surface area contributed by atoms with Gasteiger partial charge >= 0.3 is 12.3 Å². The second-order valence-electron chi connectivity index (χ2n) is 7.56. The minimum Gasteiger partial charge on any atom is -0.497 e. The van der Waals surface area contributed by atoms with E-state index in [2.05, 4.69) is 10.8 Å². The van der Waals surface area contributed by atoms with Crippen LogP contribution in [-0.4, -0.2) is 37.0 Å². The van der Waals surface area contributed by atoms with Crippen molar-refractivity contribution >= 4 is 17.5 Å². The summed E-state index contributed by atoms with van der Waals surface area (Å²) in [7, 11) is 1.56. The van der Waals surface area contributed by atoms with Gasteiger partial charge in [0.05, 0.1) is 18.4 Å². The van der Waals surface area contributed by atoms with Crippen LogP contribution in [0.1, 0.15) is 24.0 Å². The summed E-state index contributed by atoms with van der Waals surface area (Å²) in [6.07, 6.45) is -2.01. The van der Waals surface area contributed by atoms with Crippen LogP contribution in [0.5, 0.6) is 5.75 Å². The molecule has 1 spiro atoms. The number of benzene rings is 2. The third-order valence-electron chi connectivity index (χ3n) is 5.41. The van der Waals surface area contributed by atoms with E-state index in [9.17, 15) is 18.0 Å². The molecule has 1 amide bonds. The molecule has 0 unspecified atom stereocenters. The summed E-state index contributed by atoms with van der Waals surface area (Å²) in [5.41, 5.74) is 3.31. The topological polar surface area (TPSA) is 72.1 Å². The summed E-state index contributed by atoms with van der Waals surface area (Å²) in [4.78, 5) is 23.3. The molecule has 2 aliphatic heterocycles. The highest BCUT2D eigenvalue weighted by atomic mass is 19.4. The molecule has 1 fully saturated rings. The van der Waals surface area contributed by atoms with Gasteiger partial charge in [-0.15, -0.1) is 5.06 Å². The molecule has 2 heterocycles. The molecular formula is C22H22F3N3O4. The number of carbonyl (C=O) groups is 1. The van der Waals surface area contributed by atoms with E-state index in [1.165, 1.54) is 12.1 Å². The van der Waals surface area contributed by atoms with Crippen LogP contribution in [0.2, 0.25) is 0 Å². The number of hydrogen-bond acceptors (Lipinski definition) is 6. The Morgan fingerprint density at radius 3 is 2.34 bits per heavy atom. The Kier molecular flexibility index (Phi) is 5.98. The molecule has 4 rings (SSSR count). The first-order chi connectivity index (χ1) is 15.3. The normalized spacial score (nSPS) is 18.1. The van der Waals surface area contributed by atoms with Crippen molar-refractivity contribution in [1.82, 2.24) is 10.5 Å². The lowest BCUT2D eigenvalue weighted by Gasteiger charge is -2.35. The van der Waals surface area contributed by atoms with Crippen molar-refractivity contribution < 1.29 is 32.4 Å². The van der Waals surface area contributed by atoms with Crippen LogP contribution in [0.4, 0.5) is 23.7 Å². The lowest BCUT2D eigenvalue weighted by molar-refractivity contribution is -0.153. The van der Waals surface area contributed by atoms with Crippen molar-refractivity contribution in [1.29, 1.82) is 0 Å². The molecule has 0 saturated carbocycles. The fourth-order valence-corrected chi connectivity index (χ4v) is 3.59. The van der Waals surface area contributed by atoms with Crippen molar-refractivity contribution in [3.63, 3.8) is 0 Å². The van der Waals surface area contributed by atoms with Crippen LogP contribution in [-0.2, 0) is 15.9 Å². The first-order valence-corrected chi connectivity index (χ1v) is 9.99. The summed E-state index contributed by atoms with van der Waals surface area (Å²) in [6, 6.07) is 11.8. The predicted octanol–water partition coefficient (Wildman–Crippen LogP) is 4.59. The second-order valence-corrected chi connectivity index (χ2v) is 7.56. The SMILES string of the molecule is COc1ccc(NC(=O)ON2CCC3(C=C(c4ccc(C(F)(F)F)cc4)NO3)CC2)cc1. The minimum atomic E-state index is -4.37. The van der Waals surface area contributed by atoms with E-state index in [0.717, 1.165) is 12.1 Å². The van der Waals surface area contributed by atoms with Gasteiger partial charge in [0.15, 0.2) is 0 Å². The highest BCUT2D eigenvalue weighted by Crippen LogP contribution is 2.36. The van der Waals surface area contributed by atoms with E-state index in [1.54, 1.807) is 36.4 Å². The van der Waals surface area contributed by atoms with Crippen molar-refractivity contribution in [2.75, 3.05) is 25.5 Å². The number of rotatable bonds is 4. The molecule has 2 aliphatic rings. The predicted molar refractivity (Wildman–Crippen MR) is 110 cm³/mol. The van der Waals surface area contributed by atoms with E-state index in [4.69, 9.17) is 14.4 Å². The maximum atomic E-state index is 12.8. The quantitative estimate of drug-likeness (QED) is 0.712. The largest absolute Gasteiger partial charge is 0.497 e. The molecule has 32 heavy (non-hydrogen) atoms. The average Bonchev–Trinajstić information content (AvgIpc) is 3.19.